The molecule has 1 saturated carbocycles. The van der Waals surface area contributed by atoms with Gasteiger partial charge < -0.3 is 10.4 Å². The zero-order valence-corrected chi connectivity index (χ0v) is 11.2. The van der Waals surface area contributed by atoms with Crippen molar-refractivity contribution in [3.63, 3.8) is 0 Å². The average molecular weight is 227 g/mol. The first-order chi connectivity index (χ1) is 7.65. The van der Waals surface area contributed by atoms with Gasteiger partial charge in [-0.15, -0.1) is 0 Å². The average Bonchev–Trinajstić information content (AvgIpc) is 2.29. The standard InChI is InChI=1S/C14H29NO/c1-11(9-10-16)15-13(3)12(2)14-7-5-4-6-8-14/h11-16H,4-10H2,1-3H3/t11-,12?,13?/m1/s1. The highest BCUT2D eigenvalue weighted by Gasteiger charge is 2.24. The molecule has 2 heteroatoms. The highest BCUT2D eigenvalue weighted by atomic mass is 16.3. The first-order valence-corrected chi connectivity index (χ1v) is 7.02. The van der Waals surface area contributed by atoms with Gasteiger partial charge in [0.1, 0.15) is 0 Å². The van der Waals surface area contributed by atoms with Gasteiger partial charge in [0.2, 0.25) is 0 Å². The van der Waals surface area contributed by atoms with Gasteiger partial charge in [0.15, 0.2) is 0 Å². The second kappa shape index (κ2) is 7.29. The van der Waals surface area contributed by atoms with Crippen molar-refractivity contribution >= 4 is 0 Å². The van der Waals surface area contributed by atoms with E-state index in [0.29, 0.717) is 18.7 Å². The van der Waals surface area contributed by atoms with Crippen LogP contribution in [-0.2, 0) is 0 Å². The molecule has 0 spiro atoms. The highest BCUT2D eigenvalue weighted by molar-refractivity contribution is 4.80. The Morgan fingerprint density at radius 3 is 2.31 bits per heavy atom. The van der Waals surface area contributed by atoms with Crippen LogP contribution >= 0.6 is 0 Å². The molecule has 0 radical (unpaired) electrons. The van der Waals surface area contributed by atoms with Gasteiger partial charge in [-0.1, -0.05) is 39.0 Å². The lowest BCUT2D eigenvalue weighted by Crippen LogP contribution is -2.41. The molecule has 1 fully saturated rings. The van der Waals surface area contributed by atoms with E-state index in [4.69, 9.17) is 5.11 Å². The van der Waals surface area contributed by atoms with Crippen LogP contribution < -0.4 is 5.32 Å². The van der Waals surface area contributed by atoms with Crippen LogP contribution in [0.2, 0.25) is 0 Å². The van der Waals surface area contributed by atoms with E-state index in [-0.39, 0.29) is 0 Å². The van der Waals surface area contributed by atoms with E-state index in [9.17, 15) is 0 Å². The number of aliphatic hydroxyl groups is 1. The fourth-order valence-electron chi connectivity index (χ4n) is 2.95. The third-order valence-electron chi connectivity index (χ3n) is 4.29. The van der Waals surface area contributed by atoms with Gasteiger partial charge in [-0.3, -0.25) is 0 Å². The van der Waals surface area contributed by atoms with E-state index < -0.39 is 0 Å². The summed E-state index contributed by atoms with van der Waals surface area (Å²) in [6.07, 6.45) is 7.98. The molecule has 0 aliphatic heterocycles. The van der Waals surface area contributed by atoms with Crippen molar-refractivity contribution < 1.29 is 5.11 Å². The number of hydrogen-bond acceptors (Lipinski definition) is 2. The molecule has 0 saturated heterocycles. The third-order valence-corrected chi connectivity index (χ3v) is 4.29. The summed E-state index contributed by atoms with van der Waals surface area (Å²) in [5.41, 5.74) is 0. The van der Waals surface area contributed by atoms with Gasteiger partial charge in [-0.05, 0) is 32.1 Å². The Morgan fingerprint density at radius 2 is 1.75 bits per heavy atom. The molecule has 3 atom stereocenters. The van der Waals surface area contributed by atoms with Crippen molar-refractivity contribution in [3.05, 3.63) is 0 Å². The fraction of sp³-hybridized carbons (Fsp3) is 1.00. The van der Waals surface area contributed by atoms with Crippen molar-refractivity contribution in [3.8, 4) is 0 Å². The molecule has 1 aliphatic rings. The fourth-order valence-corrected chi connectivity index (χ4v) is 2.95. The van der Waals surface area contributed by atoms with Gasteiger partial charge in [0, 0.05) is 18.7 Å². The van der Waals surface area contributed by atoms with Crippen LogP contribution in [0.25, 0.3) is 0 Å². The van der Waals surface area contributed by atoms with E-state index in [0.717, 1.165) is 18.3 Å². The maximum atomic E-state index is 8.90. The van der Waals surface area contributed by atoms with E-state index in [1.165, 1.54) is 32.1 Å². The highest BCUT2D eigenvalue weighted by Crippen LogP contribution is 2.31. The zero-order valence-electron chi connectivity index (χ0n) is 11.2. The van der Waals surface area contributed by atoms with Crippen LogP contribution in [0.3, 0.4) is 0 Å². The van der Waals surface area contributed by atoms with Gasteiger partial charge in [-0.25, -0.2) is 0 Å². The molecule has 2 nitrogen and oxygen atoms in total. The van der Waals surface area contributed by atoms with Crippen LogP contribution in [0.5, 0.6) is 0 Å². The molecule has 0 amide bonds. The molecule has 1 aliphatic carbocycles. The predicted molar refractivity (Wildman–Crippen MR) is 69.5 cm³/mol. The number of nitrogens with one attached hydrogen (secondary N) is 1. The summed E-state index contributed by atoms with van der Waals surface area (Å²) in [5.74, 6) is 1.68. The van der Waals surface area contributed by atoms with Crippen molar-refractivity contribution in [2.45, 2.75) is 71.4 Å². The molecule has 1 rings (SSSR count). The maximum absolute atomic E-state index is 8.90. The minimum absolute atomic E-state index is 0.290. The lowest BCUT2D eigenvalue weighted by Gasteiger charge is -2.33. The lowest BCUT2D eigenvalue weighted by atomic mass is 9.78. The van der Waals surface area contributed by atoms with Crippen molar-refractivity contribution in [2.75, 3.05) is 6.61 Å². The third kappa shape index (κ3) is 4.42. The molecular formula is C14H29NO. The molecule has 16 heavy (non-hydrogen) atoms. The molecule has 0 aromatic heterocycles. The summed E-state index contributed by atoms with van der Waals surface area (Å²) in [6.45, 7) is 7.14. The summed E-state index contributed by atoms with van der Waals surface area (Å²) in [7, 11) is 0. The molecule has 0 bridgehead atoms. The Kier molecular flexibility index (Phi) is 6.37. The first kappa shape index (κ1) is 14.0. The molecule has 0 heterocycles. The number of aliphatic hydroxyl groups excluding tert-OH is 1. The maximum Gasteiger partial charge on any atom is 0.0445 e. The van der Waals surface area contributed by atoms with Gasteiger partial charge in [0.05, 0.1) is 0 Å². The minimum atomic E-state index is 0.290. The van der Waals surface area contributed by atoms with Gasteiger partial charge in [-0.2, -0.15) is 0 Å². The Morgan fingerprint density at radius 1 is 1.12 bits per heavy atom. The summed E-state index contributed by atoms with van der Waals surface area (Å²) >= 11 is 0. The van der Waals surface area contributed by atoms with Crippen molar-refractivity contribution in [2.24, 2.45) is 11.8 Å². The molecule has 0 aromatic rings. The largest absolute Gasteiger partial charge is 0.396 e. The topological polar surface area (TPSA) is 32.3 Å². The Balaban J connectivity index is 2.30. The Bertz CT molecular complexity index is 178. The van der Waals surface area contributed by atoms with Crippen LogP contribution in [0.1, 0.15) is 59.3 Å². The van der Waals surface area contributed by atoms with Crippen molar-refractivity contribution in [1.29, 1.82) is 0 Å². The summed E-state index contributed by atoms with van der Waals surface area (Å²) in [4.78, 5) is 0. The smallest absolute Gasteiger partial charge is 0.0445 e. The SMILES string of the molecule is CC(N[C@H](C)CCO)C(C)C1CCCCC1. The van der Waals surface area contributed by atoms with Crippen LogP contribution in [0, 0.1) is 11.8 Å². The summed E-state index contributed by atoms with van der Waals surface area (Å²) in [6, 6.07) is 1.01. The molecule has 2 N–H and O–H groups in total. The number of hydrogen-bond donors (Lipinski definition) is 2. The molecular weight excluding hydrogens is 198 g/mol. The zero-order chi connectivity index (χ0) is 12.0. The van der Waals surface area contributed by atoms with Gasteiger partial charge >= 0.3 is 0 Å². The first-order valence-electron chi connectivity index (χ1n) is 7.02. The van der Waals surface area contributed by atoms with Crippen LogP contribution in [0.4, 0.5) is 0 Å². The quantitative estimate of drug-likeness (QED) is 0.731. The molecule has 2 unspecified atom stereocenters. The van der Waals surface area contributed by atoms with Crippen LogP contribution in [0.15, 0.2) is 0 Å². The molecule has 96 valence electrons. The van der Waals surface area contributed by atoms with E-state index >= 15 is 0 Å². The second-order valence-corrected chi connectivity index (χ2v) is 5.63. The summed E-state index contributed by atoms with van der Waals surface area (Å²) < 4.78 is 0. The van der Waals surface area contributed by atoms with E-state index in [1.807, 2.05) is 0 Å². The van der Waals surface area contributed by atoms with Crippen LogP contribution in [-0.4, -0.2) is 23.8 Å². The van der Waals surface area contributed by atoms with E-state index in [2.05, 4.69) is 26.1 Å². The van der Waals surface area contributed by atoms with Crippen molar-refractivity contribution in [1.82, 2.24) is 5.32 Å². The normalized spacial score (nSPS) is 24.0. The predicted octanol–water partition coefficient (Wildman–Crippen LogP) is 2.95. The monoisotopic (exact) mass is 227 g/mol. The van der Waals surface area contributed by atoms with E-state index in [1.54, 1.807) is 0 Å². The lowest BCUT2D eigenvalue weighted by molar-refractivity contribution is 0.201. The number of rotatable bonds is 6. The minimum Gasteiger partial charge on any atom is -0.396 e. The molecule has 0 aromatic carbocycles. The van der Waals surface area contributed by atoms with Gasteiger partial charge in [0.25, 0.3) is 0 Å². The Hall–Kier alpha value is -0.0800. The second-order valence-electron chi connectivity index (χ2n) is 5.63. The summed E-state index contributed by atoms with van der Waals surface area (Å²) in [5, 5.41) is 12.5. The Labute approximate surface area is 101 Å².